The van der Waals surface area contributed by atoms with Crippen LogP contribution in [0.15, 0.2) is 72.8 Å². The van der Waals surface area contributed by atoms with Gasteiger partial charge >= 0.3 is 0 Å². The molecule has 138 valence electrons. The van der Waals surface area contributed by atoms with E-state index < -0.39 is 0 Å². The van der Waals surface area contributed by atoms with Gasteiger partial charge in [0.25, 0.3) is 5.91 Å². The van der Waals surface area contributed by atoms with Gasteiger partial charge < -0.3 is 10.1 Å². The fourth-order valence-electron chi connectivity index (χ4n) is 3.14. The Bertz CT molecular complexity index is 919. The predicted octanol–water partition coefficient (Wildman–Crippen LogP) is 5.37. The van der Waals surface area contributed by atoms with E-state index in [0.717, 1.165) is 11.1 Å². The standard InChI is InChI=1S/C24H25NO2/c1-17-12-13-23(18(2)14-17)19(3)25-24(26)21-10-7-11-22(15-21)27-16-20-8-5-4-6-9-20/h4-15,19H,16H2,1-3H3,(H,25,26)/t19-/m1/s1. The van der Waals surface area contributed by atoms with E-state index in [9.17, 15) is 4.79 Å². The Balaban J connectivity index is 1.66. The highest BCUT2D eigenvalue weighted by Crippen LogP contribution is 2.20. The van der Waals surface area contributed by atoms with Crippen molar-refractivity contribution in [3.8, 4) is 5.75 Å². The number of carbonyl (C=O) groups is 1. The quantitative estimate of drug-likeness (QED) is 0.642. The van der Waals surface area contributed by atoms with Gasteiger partial charge in [0.2, 0.25) is 0 Å². The summed E-state index contributed by atoms with van der Waals surface area (Å²) in [4.78, 5) is 12.7. The molecule has 0 aliphatic rings. The Kier molecular flexibility index (Phi) is 5.92. The van der Waals surface area contributed by atoms with Crippen LogP contribution in [0.2, 0.25) is 0 Å². The van der Waals surface area contributed by atoms with Crippen molar-refractivity contribution in [3.63, 3.8) is 0 Å². The highest BCUT2D eigenvalue weighted by Gasteiger charge is 2.14. The molecule has 0 saturated carbocycles. The summed E-state index contributed by atoms with van der Waals surface area (Å²) in [6, 6.07) is 23.5. The van der Waals surface area contributed by atoms with Crippen LogP contribution in [0.1, 0.15) is 45.6 Å². The van der Waals surface area contributed by atoms with Crippen LogP contribution in [0, 0.1) is 13.8 Å². The molecule has 0 bridgehead atoms. The summed E-state index contributed by atoms with van der Waals surface area (Å²) in [5.41, 5.74) is 5.22. The summed E-state index contributed by atoms with van der Waals surface area (Å²) in [6.45, 7) is 6.63. The molecule has 3 aromatic rings. The Labute approximate surface area is 161 Å². The normalized spacial score (nSPS) is 11.7. The van der Waals surface area contributed by atoms with Gasteiger partial charge in [0.1, 0.15) is 12.4 Å². The fraction of sp³-hybridized carbons (Fsp3) is 0.208. The first-order chi connectivity index (χ1) is 13.0. The maximum Gasteiger partial charge on any atom is 0.251 e. The predicted molar refractivity (Wildman–Crippen MR) is 109 cm³/mol. The molecule has 0 spiro atoms. The van der Waals surface area contributed by atoms with Crippen molar-refractivity contribution in [3.05, 3.63) is 101 Å². The lowest BCUT2D eigenvalue weighted by atomic mass is 10.00. The van der Waals surface area contributed by atoms with Gasteiger partial charge in [0.05, 0.1) is 6.04 Å². The van der Waals surface area contributed by atoms with E-state index in [1.807, 2.05) is 49.4 Å². The Morgan fingerprint density at radius 2 is 1.74 bits per heavy atom. The molecule has 3 heteroatoms. The second-order valence-corrected chi connectivity index (χ2v) is 6.86. The molecule has 0 fully saturated rings. The first-order valence-corrected chi connectivity index (χ1v) is 9.18. The number of nitrogens with one attached hydrogen (secondary N) is 1. The zero-order chi connectivity index (χ0) is 19.2. The molecule has 0 saturated heterocycles. The molecular weight excluding hydrogens is 334 g/mol. The summed E-state index contributed by atoms with van der Waals surface area (Å²) in [6.07, 6.45) is 0. The topological polar surface area (TPSA) is 38.3 Å². The van der Waals surface area contributed by atoms with Gasteiger partial charge in [-0.25, -0.2) is 0 Å². The number of benzene rings is 3. The number of amides is 1. The molecule has 0 radical (unpaired) electrons. The monoisotopic (exact) mass is 359 g/mol. The maximum absolute atomic E-state index is 12.7. The number of ether oxygens (including phenoxy) is 1. The Hall–Kier alpha value is -3.07. The van der Waals surface area contributed by atoms with E-state index in [2.05, 4.69) is 37.4 Å². The molecule has 3 rings (SSSR count). The fourth-order valence-corrected chi connectivity index (χ4v) is 3.14. The van der Waals surface area contributed by atoms with Crippen LogP contribution >= 0.6 is 0 Å². The lowest BCUT2D eigenvalue weighted by Gasteiger charge is -2.17. The zero-order valence-electron chi connectivity index (χ0n) is 16.0. The van der Waals surface area contributed by atoms with Crippen LogP contribution in [0.25, 0.3) is 0 Å². The van der Waals surface area contributed by atoms with Gasteiger partial charge in [0, 0.05) is 5.56 Å². The van der Waals surface area contributed by atoms with Crippen LogP contribution in [0.5, 0.6) is 5.75 Å². The SMILES string of the molecule is Cc1ccc([C@@H](C)NC(=O)c2cccc(OCc3ccccc3)c2)c(C)c1. The van der Waals surface area contributed by atoms with Crippen molar-refractivity contribution in [1.82, 2.24) is 5.32 Å². The summed E-state index contributed by atoms with van der Waals surface area (Å²) in [5, 5.41) is 3.08. The highest BCUT2D eigenvalue weighted by atomic mass is 16.5. The summed E-state index contributed by atoms with van der Waals surface area (Å²) >= 11 is 0. The third-order valence-electron chi connectivity index (χ3n) is 4.58. The number of carbonyl (C=O) groups excluding carboxylic acids is 1. The largest absolute Gasteiger partial charge is 0.489 e. The van der Waals surface area contributed by atoms with Gasteiger partial charge in [-0.1, -0.05) is 60.2 Å². The first kappa shape index (κ1) is 18.7. The molecule has 0 aliphatic carbocycles. The minimum atomic E-state index is -0.104. The number of aryl methyl sites for hydroxylation is 2. The molecule has 3 aromatic carbocycles. The van der Waals surface area contributed by atoms with E-state index in [-0.39, 0.29) is 11.9 Å². The highest BCUT2D eigenvalue weighted by molar-refractivity contribution is 5.94. The molecule has 3 nitrogen and oxygen atoms in total. The molecular formula is C24H25NO2. The maximum atomic E-state index is 12.7. The van der Waals surface area contributed by atoms with Crippen LogP contribution < -0.4 is 10.1 Å². The smallest absolute Gasteiger partial charge is 0.251 e. The Morgan fingerprint density at radius 3 is 2.48 bits per heavy atom. The molecule has 0 heterocycles. The minimum Gasteiger partial charge on any atom is -0.489 e. The van der Waals surface area contributed by atoms with Crippen LogP contribution in [0.4, 0.5) is 0 Å². The Morgan fingerprint density at radius 1 is 0.963 bits per heavy atom. The molecule has 1 atom stereocenters. The van der Waals surface area contributed by atoms with Gasteiger partial charge in [-0.3, -0.25) is 4.79 Å². The van der Waals surface area contributed by atoms with E-state index >= 15 is 0 Å². The third-order valence-corrected chi connectivity index (χ3v) is 4.58. The molecule has 0 aliphatic heterocycles. The zero-order valence-corrected chi connectivity index (χ0v) is 16.0. The second-order valence-electron chi connectivity index (χ2n) is 6.86. The van der Waals surface area contributed by atoms with Crippen LogP contribution in [0.3, 0.4) is 0 Å². The van der Waals surface area contributed by atoms with Crippen LogP contribution in [-0.4, -0.2) is 5.91 Å². The number of hydrogen-bond acceptors (Lipinski definition) is 2. The van der Waals surface area contributed by atoms with E-state index in [0.29, 0.717) is 17.9 Å². The van der Waals surface area contributed by atoms with Gasteiger partial charge in [-0.05, 0) is 55.7 Å². The lowest BCUT2D eigenvalue weighted by Crippen LogP contribution is -2.27. The lowest BCUT2D eigenvalue weighted by molar-refractivity contribution is 0.0939. The number of rotatable bonds is 6. The van der Waals surface area contributed by atoms with Crippen molar-refractivity contribution in [2.75, 3.05) is 0 Å². The van der Waals surface area contributed by atoms with E-state index in [4.69, 9.17) is 4.74 Å². The van der Waals surface area contributed by atoms with Crippen molar-refractivity contribution in [2.24, 2.45) is 0 Å². The molecule has 0 aromatic heterocycles. The molecule has 1 amide bonds. The van der Waals surface area contributed by atoms with Gasteiger partial charge in [-0.15, -0.1) is 0 Å². The second kappa shape index (κ2) is 8.54. The molecule has 27 heavy (non-hydrogen) atoms. The summed E-state index contributed by atoms with van der Waals surface area (Å²) in [5.74, 6) is 0.582. The van der Waals surface area contributed by atoms with Gasteiger partial charge in [-0.2, -0.15) is 0 Å². The van der Waals surface area contributed by atoms with Crippen molar-refractivity contribution < 1.29 is 9.53 Å². The minimum absolute atomic E-state index is 0.0630. The van der Waals surface area contributed by atoms with E-state index in [1.165, 1.54) is 11.1 Å². The molecule has 1 N–H and O–H groups in total. The van der Waals surface area contributed by atoms with Crippen molar-refractivity contribution in [1.29, 1.82) is 0 Å². The molecule has 0 unspecified atom stereocenters. The number of hydrogen-bond donors (Lipinski definition) is 1. The van der Waals surface area contributed by atoms with Crippen molar-refractivity contribution >= 4 is 5.91 Å². The van der Waals surface area contributed by atoms with Gasteiger partial charge in [0.15, 0.2) is 0 Å². The summed E-state index contributed by atoms with van der Waals surface area (Å²) in [7, 11) is 0. The first-order valence-electron chi connectivity index (χ1n) is 9.18. The average Bonchev–Trinajstić information content (AvgIpc) is 2.67. The van der Waals surface area contributed by atoms with E-state index in [1.54, 1.807) is 12.1 Å². The van der Waals surface area contributed by atoms with Crippen LogP contribution in [-0.2, 0) is 6.61 Å². The van der Waals surface area contributed by atoms with Crippen molar-refractivity contribution in [2.45, 2.75) is 33.4 Å². The summed E-state index contributed by atoms with van der Waals surface area (Å²) < 4.78 is 5.82. The third kappa shape index (κ3) is 4.98. The average molecular weight is 359 g/mol.